The standard InChI is InChI=1S/C26H34N8O/c1-26(2,18-35)21-13-25(33-30-17-21)32-24-7-6-22-23(31-24)12-19(16-29-22)20(14-27)15-28-8-5-11-34-9-3-4-10-34/h6-7,12-17,35H,3-5,8-11,18,27H2,1-2H3,(H,31,32,33). The normalized spacial score (nSPS) is 15.3. The first-order valence-corrected chi connectivity index (χ1v) is 12.1. The van der Waals surface area contributed by atoms with Gasteiger partial charge in [0.25, 0.3) is 0 Å². The average Bonchev–Trinajstić information content (AvgIpc) is 3.39. The zero-order valence-electron chi connectivity index (χ0n) is 20.5. The first kappa shape index (κ1) is 24.7. The van der Waals surface area contributed by atoms with Gasteiger partial charge < -0.3 is 21.1 Å². The van der Waals surface area contributed by atoms with E-state index in [2.05, 4.69) is 30.4 Å². The molecule has 0 amide bonds. The molecule has 0 bridgehead atoms. The van der Waals surface area contributed by atoms with Gasteiger partial charge in [-0.05, 0) is 68.7 Å². The van der Waals surface area contributed by atoms with Crippen LogP contribution in [0.4, 0.5) is 11.6 Å². The average molecular weight is 475 g/mol. The third-order valence-electron chi connectivity index (χ3n) is 6.33. The highest BCUT2D eigenvalue weighted by Gasteiger charge is 2.20. The van der Waals surface area contributed by atoms with Crippen LogP contribution in [-0.2, 0) is 5.41 Å². The van der Waals surface area contributed by atoms with Gasteiger partial charge in [0.15, 0.2) is 5.82 Å². The number of likely N-dealkylation sites (tertiary alicyclic amines) is 1. The van der Waals surface area contributed by atoms with Gasteiger partial charge in [0.2, 0.25) is 0 Å². The van der Waals surface area contributed by atoms with Crippen LogP contribution in [0.1, 0.15) is 44.2 Å². The van der Waals surface area contributed by atoms with Crippen molar-refractivity contribution in [1.82, 2.24) is 25.1 Å². The summed E-state index contributed by atoms with van der Waals surface area (Å²) in [5.74, 6) is 1.18. The van der Waals surface area contributed by atoms with E-state index in [1.807, 2.05) is 44.3 Å². The molecule has 0 aliphatic carbocycles. The van der Waals surface area contributed by atoms with Crippen molar-refractivity contribution in [3.8, 4) is 0 Å². The third-order valence-corrected chi connectivity index (χ3v) is 6.33. The third kappa shape index (κ3) is 6.37. The van der Waals surface area contributed by atoms with E-state index in [-0.39, 0.29) is 6.61 Å². The Labute approximate surface area is 206 Å². The highest BCUT2D eigenvalue weighted by atomic mass is 16.3. The summed E-state index contributed by atoms with van der Waals surface area (Å²) in [7, 11) is 0. The predicted molar refractivity (Wildman–Crippen MR) is 141 cm³/mol. The smallest absolute Gasteiger partial charge is 0.154 e. The van der Waals surface area contributed by atoms with E-state index < -0.39 is 5.41 Å². The highest BCUT2D eigenvalue weighted by molar-refractivity contribution is 6.10. The van der Waals surface area contributed by atoms with Crippen molar-refractivity contribution in [3.05, 3.63) is 54.0 Å². The molecule has 4 N–H and O–H groups in total. The molecule has 0 atom stereocenters. The summed E-state index contributed by atoms with van der Waals surface area (Å²) in [4.78, 5) is 16.3. The molecular weight excluding hydrogens is 440 g/mol. The largest absolute Gasteiger partial charge is 0.404 e. The van der Waals surface area contributed by atoms with Crippen molar-refractivity contribution in [2.24, 2.45) is 10.7 Å². The minimum absolute atomic E-state index is 0.0134. The number of aromatic nitrogens is 4. The molecule has 1 aliphatic rings. The van der Waals surface area contributed by atoms with Gasteiger partial charge in [0.05, 0.1) is 23.8 Å². The number of nitrogens with two attached hydrogens (primary N) is 1. The lowest BCUT2D eigenvalue weighted by Gasteiger charge is -2.21. The fourth-order valence-electron chi connectivity index (χ4n) is 4.02. The Morgan fingerprint density at radius 1 is 1.17 bits per heavy atom. The number of anilines is 2. The lowest BCUT2D eigenvalue weighted by molar-refractivity contribution is 0.218. The number of aliphatic imine (C=N–C) groups is 1. The van der Waals surface area contributed by atoms with Crippen LogP contribution in [0.25, 0.3) is 16.6 Å². The monoisotopic (exact) mass is 474 g/mol. The summed E-state index contributed by atoms with van der Waals surface area (Å²) >= 11 is 0. The van der Waals surface area contributed by atoms with Crippen molar-refractivity contribution in [3.63, 3.8) is 0 Å². The summed E-state index contributed by atoms with van der Waals surface area (Å²) in [5.41, 5.74) is 9.55. The van der Waals surface area contributed by atoms with E-state index in [0.717, 1.165) is 47.2 Å². The number of rotatable bonds is 10. The summed E-state index contributed by atoms with van der Waals surface area (Å²) in [6.45, 7) is 8.21. The second-order valence-corrected chi connectivity index (χ2v) is 9.51. The fraction of sp³-hybridized carbons (Fsp3) is 0.423. The number of aliphatic hydroxyl groups excluding tert-OH is 1. The van der Waals surface area contributed by atoms with Gasteiger partial charge in [-0.3, -0.25) is 9.98 Å². The van der Waals surface area contributed by atoms with E-state index >= 15 is 0 Å². The topological polar surface area (TPSA) is 125 Å². The van der Waals surface area contributed by atoms with Gasteiger partial charge in [-0.25, -0.2) is 4.98 Å². The molecule has 1 fully saturated rings. The minimum atomic E-state index is -0.414. The molecule has 1 saturated heterocycles. The molecule has 0 saturated carbocycles. The van der Waals surface area contributed by atoms with Crippen LogP contribution in [0.5, 0.6) is 0 Å². The summed E-state index contributed by atoms with van der Waals surface area (Å²) in [5, 5.41) is 21.1. The Balaban J connectivity index is 1.45. The van der Waals surface area contributed by atoms with Crippen molar-refractivity contribution in [1.29, 1.82) is 0 Å². The van der Waals surface area contributed by atoms with E-state index in [1.54, 1.807) is 18.6 Å². The molecule has 0 aromatic carbocycles. The van der Waals surface area contributed by atoms with Gasteiger partial charge in [0.1, 0.15) is 5.82 Å². The molecule has 0 unspecified atom stereocenters. The molecule has 9 nitrogen and oxygen atoms in total. The van der Waals surface area contributed by atoms with Crippen molar-refractivity contribution in [2.45, 2.75) is 38.5 Å². The maximum Gasteiger partial charge on any atom is 0.154 e. The number of pyridine rings is 2. The van der Waals surface area contributed by atoms with Gasteiger partial charge >= 0.3 is 0 Å². The number of nitrogens with zero attached hydrogens (tertiary/aromatic N) is 6. The zero-order valence-corrected chi connectivity index (χ0v) is 20.5. The molecule has 4 heterocycles. The minimum Gasteiger partial charge on any atom is -0.404 e. The van der Waals surface area contributed by atoms with E-state index in [1.165, 1.54) is 25.9 Å². The van der Waals surface area contributed by atoms with E-state index in [4.69, 9.17) is 10.7 Å². The number of aliphatic hydroxyl groups is 1. The fourth-order valence-corrected chi connectivity index (χ4v) is 4.02. The zero-order chi connectivity index (χ0) is 24.7. The Kier molecular flexibility index (Phi) is 7.99. The predicted octanol–water partition coefficient (Wildman–Crippen LogP) is 3.29. The Bertz CT molecular complexity index is 1200. The van der Waals surface area contributed by atoms with Crippen LogP contribution in [-0.4, -0.2) is 69.2 Å². The van der Waals surface area contributed by atoms with Crippen LogP contribution in [0.3, 0.4) is 0 Å². The van der Waals surface area contributed by atoms with Crippen LogP contribution in [0, 0.1) is 0 Å². The first-order chi connectivity index (χ1) is 17.0. The Hall–Kier alpha value is -3.43. The first-order valence-electron chi connectivity index (χ1n) is 12.1. The van der Waals surface area contributed by atoms with E-state index in [0.29, 0.717) is 11.6 Å². The SMILES string of the molecule is CC(C)(CO)c1cnnc(Nc2ccc3ncc(C(C=NCCCN4CCCC4)=CN)cc3n2)c1. The van der Waals surface area contributed by atoms with Crippen molar-refractivity contribution >= 4 is 34.5 Å². The van der Waals surface area contributed by atoms with Gasteiger partial charge in [-0.1, -0.05) is 13.8 Å². The number of hydrogen-bond acceptors (Lipinski definition) is 9. The molecule has 1 aliphatic heterocycles. The van der Waals surface area contributed by atoms with Crippen molar-refractivity contribution < 1.29 is 5.11 Å². The summed E-state index contributed by atoms with van der Waals surface area (Å²) < 4.78 is 0. The number of fused-ring (bicyclic) bond motifs is 1. The van der Waals surface area contributed by atoms with Gasteiger partial charge in [-0.2, -0.15) is 5.10 Å². The molecule has 4 rings (SSSR count). The van der Waals surface area contributed by atoms with Gasteiger partial charge in [0, 0.05) is 41.7 Å². The molecule has 3 aromatic heterocycles. The Morgan fingerprint density at radius 2 is 2.00 bits per heavy atom. The lowest BCUT2D eigenvalue weighted by atomic mass is 9.87. The van der Waals surface area contributed by atoms with Gasteiger partial charge in [-0.15, -0.1) is 5.10 Å². The number of nitrogens with one attached hydrogen (secondary N) is 1. The lowest BCUT2D eigenvalue weighted by Crippen LogP contribution is -2.22. The maximum atomic E-state index is 9.65. The summed E-state index contributed by atoms with van der Waals surface area (Å²) in [6.07, 6.45) is 10.5. The molecule has 3 aromatic rings. The molecule has 0 spiro atoms. The maximum absolute atomic E-state index is 9.65. The van der Waals surface area contributed by atoms with Crippen LogP contribution < -0.4 is 11.1 Å². The van der Waals surface area contributed by atoms with Crippen LogP contribution in [0.15, 0.2) is 47.9 Å². The number of allylic oxidation sites excluding steroid dienone is 1. The second-order valence-electron chi connectivity index (χ2n) is 9.51. The van der Waals surface area contributed by atoms with Crippen LogP contribution in [0.2, 0.25) is 0 Å². The molecular formula is C26H34N8O. The number of hydrogen-bond donors (Lipinski definition) is 3. The molecule has 35 heavy (non-hydrogen) atoms. The van der Waals surface area contributed by atoms with E-state index in [9.17, 15) is 5.11 Å². The second kappa shape index (κ2) is 11.3. The highest BCUT2D eigenvalue weighted by Crippen LogP contribution is 2.25. The molecule has 184 valence electrons. The summed E-state index contributed by atoms with van der Waals surface area (Å²) in [6, 6.07) is 7.59. The molecule has 0 radical (unpaired) electrons. The molecule has 9 heteroatoms. The van der Waals surface area contributed by atoms with Crippen molar-refractivity contribution in [2.75, 3.05) is 38.1 Å². The van der Waals surface area contributed by atoms with Crippen LogP contribution >= 0.6 is 0 Å². The Morgan fingerprint density at radius 3 is 2.77 bits per heavy atom. The quantitative estimate of drug-likeness (QED) is 0.302.